The third-order valence-electron chi connectivity index (χ3n) is 4.60. The molecule has 3 rings (SSSR count). The van der Waals surface area contributed by atoms with E-state index in [0.717, 1.165) is 43.7 Å². The van der Waals surface area contributed by atoms with E-state index in [1.807, 2.05) is 29.2 Å². The van der Waals surface area contributed by atoms with Crippen molar-refractivity contribution in [2.75, 3.05) is 25.6 Å². The Morgan fingerprint density at radius 3 is 3.05 bits per heavy atom. The maximum Gasteiger partial charge on any atom is 0.230 e. The molecular weight excluding hydrogens is 286 g/mol. The molecule has 4 heteroatoms. The number of fused-ring (bicyclic) bond motifs is 1. The first-order valence-electron chi connectivity index (χ1n) is 7.86. The number of amides is 1. The summed E-state index contributed by atoms with van der Waals surface area (Å²) in [4.78, 5) is 15.0. The zero-order valence-corrected chi connectivity index (χ0v) is 13.0. The van der Waals surface area contributed by atoms with Crippen LogP contribution in [0.2, 0.25) is 0 Å². The molecule has 0 bridgehead atoms. The number of rotatable bonds is 3. The Morgan fingerprint density at radius 1 is 1.33 bits per heavy atom. The van der Waals surface area contributed by atoms with E-state index in [9.17, 15) is 4.79 Å². The lowest BCUT2D eigenvalue weighted by Gasteiger charge is -2.36. The highest BCUT2D eigenvalue weighted by Crippen LogP contribution is 2.35. The lowest BCUT2D eigenvalue weighted by molar-refractivity contribution is -0.135. The third-order valence-corrected chi connectivity index (χ3v) is 4.82. The van der Waals surface area contributed by atoms with Gasteiger partial charge in [-0.1, -0.05) is 18.2 Å². The first kappa shape index (κ1) is 14.7. The molecule has 0 spiro atoms. The second kappa shape index (κ2) is 6.69. The first-order valence-corrected chi connectivity index (χ1v) is 8.39. The number of alkyl halides is 1. The lowest BCUT2D eigenvalue weighted by atomic mass is 9.89. The molecule has 0 N–H and O–H groups in total. The highest BCUT2D eigenvalue weighted by Gasteiger charge is 2.32. The van der Waals surface area contributed by atoms with Gasteiger partial charge in [0.2, 0.25) is 5.91 Å². The van der Waals surface area contributed by atoms with Crippen molar-refractivity contribution in [3.8, 4) is 5.75 Å². The van der Waals surface area contributed by atoms with Crippen molar-refractivity contribution >= 4 is 17.5 Å². The molecule has 0 aliphatic carbocycles. The van der Waals surface area contributed by atoms with Crippen LogP contribution in [0, 0.1) is 5.92 Å². The Hall–Kier alpha value is -1.22. The fraction of sp³-hybridized carbons (Fsp3) is 0.588. The largest absolute Gasteiger partial charge is 0.493 e. The van der Waals surface area contributed by atoms with Crippen LogP contribution in [0.25, 0.3) is 0 Å². The van der Waals surface area contributed by atoms with E-state index in [4.69, 9.17) is 16.3 Å². The monoisotopic (exact) mass is 307 g/mol. The lowest BCUT2D eigenvalue weighted by Crippen LogP contribution is -2.43. The summed E-state index contributed by atoms with van der Waals surface area (Å²) in [5, 5.41) is 0. The van der Waals surface area contributed by atoms with Gasteiger partial charge in [-0.05, 0) is 37.7 Å². The topological polar surface area (TPSA) is 29.5 Å². The number of carbonyl (C=O) groups excluding carboxylic acids is 1. The summed E-state index contributed by atoms with van der Waals surface area (Å²) in [6.07, 6.45) is 4.08. The Kier molecular flexibility index (Phi) is 4.69. The minimum atomic E-state index is -0.0373. The predicted molar refractivity (Wildman–Crippen MR) is 83.9 cm³/mol. The van der Waals surface area contributed by atoms with E-state index in [-0.39, 0.29) is 11.8 Å². The minimum Gasteiger partial charge on any atom is -0.493 e. The zero-order chi connectivity index (χ0) is 14.7. The van der Waals surface area contributed by atoms with Gasteiger partial charge in [0.1, 0.15) is 5.75 Å². The molecule has 2 aliphatic rings. The van der Waals surface area contributed by atoms with Gasteiger partial charge in [-0.3, -0.25) is 4.79 Å². The second-order valence-electron chi connectivity index (χ2n) is 6.00. The first-order chi connectivity index (χ1) is 10.3. The van der Waals surface area contributed by atoms with E-state index < -0.39 is 0 Å². The number of hydrogen-bond acceptors (Lipinski definition) is 2. The number of likely N-dealkylation sites (tertiary alicyclic amines) is 1. The Labute approximate surface area is 131 Å². The maximum absolute atomic E-state index is 12.9. The molecule has 2 atom stereocenters. The van der Waals surface area contributed by atoms with Gasteiger partial charge < -0.3 is 9.64 Å². The maximum atomic E-state index is 12.9. The summed E-state index contributed by atoms with van der Waals surface area (Å²) in [7, 11) is 0. The van der Waals surface area contributed by atoms with Crippen molar-refractivity contribution in [3.63, 3.8) is 0 Å². The fourth-order valence-corrected chi connectivity index (χ4v) is 3.78. The van der Waals surface area contributed by atoms with Crippen molar-refractivity contribution in [2.24, 2.45) is 5.92 Å². The molecule has 114 valence electrons. The molecule has 2 unspecified atom stereocenters. The number of piperidine rings is 1. The van der Waals surface area contributed by atoms with Gasteiger partial charge in [0, 0.05) is 24.5 Å². The normalized spacial score (nSPS) is 25.1. The Bertz CT molecular complexity index is 503. The van der Waals surface area contributed by atoms with Crippen LogP contribution < -0.4 is 4.74 Å². The Morgan fingerprint density at radius 2 is 2.19 bits per heavy atom. The van der Waals surface area contributed by atoms with Gasteiger partial charge in [0.05, 0.1) is 12.5 Å². The molecule has 3 nitrogen and oxygen atoms in total. The molecule has 1 saturated heterocycles. The van der Waals surface area contributed by atoms with Gasteiger partial charge in [-0.25, -0.2) is 0 Å². The number of carbonyl (C=O) groups is 1. The van der Waals surface area contributed by atoms with Gasteiger partial charge >= 0.3 is 0 Å². The molecule has 0 radical (unpaired) electrons. The summed E-state index contributed by atoms with van der Waals surface area (Å²) in [6.45, 7) is 2.38. The molecule has 1 aromatic rings. The highest BCUT2D eigenvalue weighted by atomic mass is 35.5. The van der Waals surface area contributed by atoms with Crippen molar-refractivity contribution in [1.82, 2.24) is 4.90 Å². The minimum absolute atomic E-state index is 0.0373. The van der Waals surface area contributed by atoms with E-state index in [0.29, 0.717) is 18.4 Å². The van der Waals surface area contributed by atoms with Gasteiger partial charge in [0.15, 0.2) is 0 Å². The SMILES string of the molecule is O=C(C1CCOc2ccccc21)N1CCCC(CCCl)C1. The van der Waals surface area contributed by atoms with Crippen LogP contribution in [0.3, 0.4) is 0 Å². The third kappa shape index (κ3) is 3.18. The quantitative estimate of drug-likeness (QED) is 0.801. The summed E-state index contributed by atoms with van der Waals surface area (Å²) >= 11 is 5.86. The van der Waals surface area contributed by atoms with Gasteiger partial charge in [-0.15, -0.1) is 11.6 Å². The summed E-state index contributed by atoms with van der Waals surface area (Å²) in [5.74, 6) is 2.36. The van der Waals surface area contributed by atoms with E-state index in [2.05, 4.69) is 0 Å². The number of halogens is 1. The van der Waals surface area contributed by atoms with E-state index >= 15 is 0 Å². The van der Waals surface area contributed by atoms with Crippen LogP contribution in [-0.4, -0.2) is 36.4 Å². The molecule has 1 fully saturated rings. The standard InChI is InChI=1S/C17H22ClNO2/c18-9-7-13-4-3-10-19(12-13)17(20)15-8-11-21-16-6-2-1-5-14(15)16/h1-2,5-6,13,15H,3-4,7-12H2. The number of ether oxygens (including phenoxy) is 1. The van der Waals surface area contributed by atoms with Crippen molar-refractivity contribution in [2.45, 2.75) is 31.6 Å². The molecule has 0 aromatic heterocycles. The molecule has 21 heavy (non-hydrogen) atoms. The average molecular weight is 308 g/mol. The molecular formula is C17H22ClNO2. The summed E-state index contributed by atoms with van der Waals surface area (Å²) in [6, 6.07) is 7.93. The fourth-order valence-electron chi connectivity index (χ4n) is 3.47. The smallest absolute Gasteiger partial charge is 0.230 e. The van der Waals surface area contributed by atoms with Crippen LogP contribution >= 0.6 is 11.6 Å². The molecule has 0 saturated carbocycles. The van der Waals surface area contributed by atoms with Crippen molar-refractivity contribution < 1.29 is 9.53 Å². The van der Waals surface area contributed by atoms with Crippen LogP contribution in [-0.2, 0) is 4.79 Å². The Balaban J connectivity index is 1.74. The van der Waals surface area contributed by atoms with E-state index in [1.54, 1.807) is 0 Å². The molecule has 2 heterocycles. The highest BCUT2D eigenvalue weighted by molar-refractivity contribution is 6.17. The van der Waals surface area contributed by atoms with Crippen LogP contribution in [0.4, 0.5) is 0 Å². The number of hydrogen-bond donors (Lipinski definition) is 0. The predicted octanol–water partition coefficient (Wildman–Crippen LogP) is 3.42. The number of nitrogens with zero attached hydrogens (tertiary/aromatic N) is 1. The van der Waals surface area contributed by atoms with Crippen LogP contribution in [0.5, 0.6) is 5.75 Å². The number of benzene rings is 1. The second-order valence-corrected chi connectivity index (χ2v) is 6.38. The van der Waals surface area contributed by atoms with Gasteiger partial charge in [-0.2, -0.15) is 0 Å². The average Bonchev–Trinajstić information content (AvgIpc) is 2.54. The summed E-state index contributed by atoms with van der Waals surface area (Å²) < 4.78 is 5.66. The van der Waals surface area contributed by atoms with Crippen molar-refractivity contribution in [1.29, 1.82) is 0 Å². The summed E-state index contributed by atoms with van der Waals surface area (Å²) in [5.41, 5.74) is 1.05. The van der Waals surface area contributed by atoms with Crippen LogP contribution in [0.1, 0.15) is 37.2 Å². The zero-order valence-electron chi connectivity index (χ0n) is 12.3. The molecule has 2 aliphatic heterocycles. The number of para-hydroxylation sites is 1. The van der Waals surface area contributed by atoms with E-state index in [1.165, 1.54) is 6.42 Å². The van der Waals surface area contributed by atoms with Crippen molar-refractivity contribution in [3.05, 3.63) is 29.8 Å². The molecule has 1 amide bonds. The van der Waals surface area contributed by atoms with Crippen LogP contribution in [0.15, 0.2) is 24.3 Å². The molecule has 1 aromatic carbocycles. The van der Waals surface area contributed by atoms with Gasteiger partial charge in [0.25, 0.3) is 0 Å².